The van der Waals surface area contributed by atoms with E-state index in [4.69, 9.17) is 0 Å². The minimum Gasteiger partial charge on any atom is -0.296 e. The highest BCUT2D eigenvalue weighted by Crippen LogP contribution is 2.55. The number of benzene rings is 1. The highest BCUT2D eigenvalue weighted by atomic mass is 19.1. The molecule has 1 spiro atoms. The zero-order chi connectivity index (χ0) is 15.0. The van der Waals surface area contributed by atoms with E-state index >= 15 is 0 Å². The Morgan fingerprint density at radius 3 is 2.76 bits per heavy atom. The van der Waals surface area contributed by atoms with Crippen molar-refractivity contribution in [1.29, 1.82) is 0 Å². The molecule has 21 heavy (non-hydrogen) atoms. The molecule has 1 saturated carbocycles. The lowest BCUT2D eigenvalue weighted by Gasteiger charge is -2.40. The van der Waals surface area contributed by atoms with Crippen molar-refractivity contribution >= 4 is 11.8 Å². The third-order valence-corrected chi connectivity index (χ3v) is 5.19. The molecule has 3 nitrogen and oxygen atoms in total. The van der Waals surface area contributed by atoms with E-state index in [9.17, 15) is 14.0 Å². The molecular formula is C17H20FNO2. The number of hydrogen-bond donors (Lipinski definition) is 1. The minimum absolute atomic E-state index is 0.218. The van der Waals surface area contributed by atoms with Crippen molar-refractivity contribution in [2.24, 2.45) is 11.3 Å². The molecule has 1 aliphatic heterocycles. The Morgan fingerprint density at radius 2 is 2.10 bits per heavy atom. The first kappa shape index (κ1) is 14.2. The average Bonchev–Trinajstić information content (AvgIpc) is 2.83. The lowest BCUT2D eigenvalue weighted by Crippen LogP contribution is -2.50. The monoisotopic (exact) mass is 289 g/mol. The number of halogens is 1. The summed E-state index contributed by atoms with van der Waals surface area (Å²) in [5.74, 6) is -0.935. The number of nitrogens with one attached hydrogen (secondary N) is 1. The molecule has 3 atom stereocenters. The van der Waals surface area contributed by atoms with Crippen LogP contribution in [0.25, 0.3) is 0 Å². The van der Waals surface area contributed by atoms with Crippen LogP contribution in [-0.4, -0.2) is 11.8 Å². The van der Waals surface area contributed by atoms with Gasteiger partial charge in [-0.3, -0.25) is 14.9 Å². The minimum atomic E-state index is -0.548. The van der Waals surface area contributed by atoms with E-state index in [-0.39, 0.29) is 17.6 Å². The Hall–Kier alpha value is -1.71. The van der Waals surface area contributed by atoms with Crippen molar-refractivity contribution in [3.63, 3.8) is 0 Å². The average molecular weight is 289 g/mol. The molecule has 2 aliphatic rings. The molecule has 3 unspecified atom stereocenters. The van der Waals surface area contributed by atoms with Crippen LogP contribution in [0.15, 0.2) is 24.3 Å². The van der Waals surface area contributed by atoms with Gasteiger partial charge in [0.05, 0.1) is 5.92 Å². The predicted molar refractivity (Wildman–Crippen MR) is 77.0 cm³/mol. The van der Waals surface area contributed by atoms with Crippen molar-refractivity contribution in [2.45, 2.75) is 44.9 Å². The number of carbonyl (C=O) groups is 2. The molecule has 2 fully saturated rings. The van der Waals surface area contributed by atoms with Gasteiger partial charge in [0.15, 0.2) is 0 Å². The van der Waals surface area contributed by atoms with Crippen molar-refractivity contribution in [3.8, 4) is 0 Å². The third-order valence-electron chi connectivity index (χ3n) is 5.19. The molecule has 0 bridgehead atoms. The molecule has 0 radical (unpaired) electrons. The quantitative estimate of drug-likeness (QED) is 0.850. The van der Waals surface area contributed by atoms with Gasteiger partial charge in [0.25, 0.3) is 0 Å². The number of rotatable bonds is 2. The highest BCUT2D eigenvalue weighted by molar-refractivity contribution is 6.02. The Bertz CT molecular complexity index is 586. The van der Waals surface area contributed by atoms with Gasteiger partial charge in [-0.1, -0.05) is 31.5 Å². The van der Waals surface area contributed by atoms with E-state index in [2.05, 4.69) is 12.2 Å². The molecular weight excluding hydrogens is 269 g/mol. The fraction of sp³-hybridized carbons (Fsp3) is 0.529. The largest absolute Gasteiger partial charge is 0.296 e. The lowest BCUT2D eigenvalue weighted by atomic mass is 9.65. The number of imide groups is 1. The van der Waals surface area contributed by atoms with E-state index in [0.29, 0.717) is 17.9 Å². The second-order valence-corrected chi connectivity index (χ2v) is 6.42. The van der Waals surface area contributed by atoms with Crippen LogP contribution >= 0.6 is 0 Å². The van der Waals surface area contributed by atoms with Crippen LogP contribution in [-0.2, 0) is 9.59 Å². The SMILES string of the molecule is CCC1CCC2(CC(=O)NC(=O)C2c2ccccc2F)C1. The second-order valence-electron chi connectivity index (χ2n) is 6.42. The summed E-state index contributed by atoms with van der Waals surface area (Å²) in [6.45, 7) is 2.13. The van der Waals surface area contributed by atoms with Crippen molar-refractivity contribution in [1.82, 2.24) is 5.32 Å². The molecule has 1 aromatic rings. The topological polar surface area (TPSA) is 46.2 Å². The summed E-state index contributed by atoms with van der Waals surface area (Å²) in [6, 6.07) is 6.44. The molecule has 1 saturated heterocycles. The van der Waals surface area contributed by atoms with E-state index in [1.54, 1.807) is 18.2 Å². The Morgan fingerprint density at radius 1 is 1.33 bits per heavy atom. The van der Waals surface area contributed by atoms with Gasteiger partial charge < -0.3 is 0 Å². The zero-order valence-corrected chi connectivity index (χ0v) is 12.2. The third kappa shape index (κ3) is 2.37. The van der Waals surface area contributed by atoms with E-state index < -0.39 is 11.3 Å². The molecule has 3 rings (SSSR count). The van der Waals surface area contributed by atoms with E-state index in [1.165, 1.54) is 6.07 Å². The van der Waals surface area contributed by atoms with E-state index in [1.807, 2.05) is 0 Å². The molecule has 1 aromatic carbocycles. The lowest BCUT2D eigenvalue weighted by molar-refractivity contribution is -0.140. The van der Waals surface area contributed by atoms with Gasteiger partial charge in [-0.05, 0) is 36.7 Å². The predicted octanol–water partition coefficient (Wildman–Crippen LogP) is 3.15. The van der Waals surface area contributed by atoms with Crippen LogP contribution in [0.5, 0.6) is 0 Å². The Labute approximate surface area is 123 Å². The van der Waals surface area contributed by atoms with Crippen LogP contribution in [0.2, 0.25) is 0 Å². The molecule has 4 heteroatoms. The van der Waals surface area contributed by atoms with Crippen molar-refractivity contribution in [3.05, 3.63) is 35.6 Å². The smallest absolute Gasteiger partial charge is 0.234 e. The van der Waals surface area contributed by atoms with Crippen LogP contribution in [0.3, 0.4) is 0 Å². The zero-order valence-electron chi connectivity index (χ0n) is 12.2. The first-order valence-corrected chi connectivity index (χ1v) is 7.64. The maximum absolute atomic E-state index is 14.2. The Balaban J connectivity index is 2.04. The van der Waals surface area contributed by atoms with Crippen molar-refractivity contribution in [2.75, 3.05) is 0 Å². The second kappa shape index (κ2) is 5.24. The fourth-order valence-corrected chi connectivity index (χ4v) is 4.18. The first-order valence-electron chi connectivity index (χ1n) is 7.64. The number of piperidine rings is 1. The molecule has 1 N–H and O–H groups in total. The maximum atomic E-state index is 14.2. The number of hydrogen-bond acceptors (Lipinski definition) is 2. The van der Waals surface area contributed by atoms with Crippen LogP contribution in [0.1, 0.15) is 50.5 Å². The maximum Gasteiger partial charge on any atom is 0.234 e. The summed E-state index contributed by atoms with van der Waals surface area (Å²) in [5, 5.41) is 2.39. The summed E-state index contributed by atoms with van der Waals surface area (Å²) in [4.78, 5) is 24.3. The number of amides is 2. The summed E-state index contributed by atoms with van der Waals surface area (Å²) in [6.07, 6.45) is 4.04. The summed E-state index contributed by atoms with van der Waals surface area (Å²) in [5.41, 5.74) is 0.0294. The highest BCUT2D eigenvalue weighted by Gasteiger charge is 2.53. The van der Waals surface area contributed by atoms with Crippen LogP contribution in [0.4, 0.5) is 4.39 Å². The molecule has 112 valence electrons. The standard InChI is InChI=1S/C17H20FNO2/c1-2-11-7-8-17(9-11)10-14(20)19-16(21)15(17)12-5-3-4-6-13(12)18/h3-6,11,15H,2,7-10H2,1H3,(H,19,20,21). The summed E-state index contributed by atoms with van der Waals surface area (Å²) in [7, 11) is 0. The van der Waals surface area contributed by atoms with E-state index in [0.717, 1.165) is 25.7 Å². The van der Waals surface area contributed by atoms with Gasteiger partial charge in [-0.2, -0.15) is 0 Å². The van der Waals surface area contributed by atoms with Gasteiger partial charge in [0.1, 0.15) is 5.82 Å². The summed E-state index contributed by atoms with van der Waals surface area (Å²) < 4.78 is 14.2. The van der Waals surface area contributed by atoms with Gasteiger partial charge in [0.2, 0.25) is 11.8 Å². The summed E-state index contributed by atoms with van der Waals surface area (Å²) >= 11 is 0. The molecule has 0 aromatic heterocycles. The normalized spacial score (nSPS) is 32.5. The van der Waals surface area contributed by atoms with Gasteiger partial charge in [-0.25, -0.2) is 4.39 Å². The number of carbonyl (C=O) groups excluding carboxylic acids is 2. The Kier molecular flexibility index (Phi) is 3.56. The van der Waals surface area contributed by atoms with Crippen LogP contribution < -0.4 is 5.32 Å². The first-order chi connectivity index (χ1) is 10.1. The van der Waals surface area contributed by atoms with Gasteiger partial charge in [-0.15, -0.1) is 0 Å². The van der Waals surface area contributed by atoms with Crippen LogP contribution in [0, 0.1) is 17.2 Å². The molecule has 2 amide bonds. The fourth-order valence-electron chi connectivity index (χ4n) is 4.18. The van der Waals surface area contributed by atoms with Gasteiger partial charge >= 0.3 is 0 Å². The molecule has 1 heterocycles. The molecule has 1 aliphatic carbocycles. The van der Waals surface area contributed by atoms with Gasteiger partial charge in [0, 0.05) is 12.0 Å². The van der Waals surface area contributed by atoms with Crippen molar-refractivity contribution < 1.29 is 14.0 Å².